The maximum absolute atomic E-state index is 10.3. The maximum atomic E-state index is 10.3. The second-order valence-electron chi connectivity index (χ2n) is 5.73. The molecule has 0 amide bonds. The summed E-state index contributed by atoms with van der Waals surface area (Å²) in [6.07, 6.45) is 2.00. The summed E-state index contributed by atoms with van der Waals surface area (Å²) in [5.41, 5.74) is 3.59. The van der Waals surface area contributed by atoms with Crippen LogP contribution in [0.25, 0.3) is 21.9 Å². The predicted octanol–water partition coefficient (Wildman–Crippen LogP) is 5.06. The molecule has 0 saturated heterocycles. The number of rotatable bonds is 3. The van der Waals surface area contributed by atoms with Crippen LogP contribution in [0.4, 0.5) is 0 Å². The van der Waals surface area contributed by atoms with Gasteiger partial charge in [0.15, 0.2) is 5.88 Å². The summed E-state index contributed by atoms with van der Waals surface area (Å²) >= 11 is 0. The van der Waals surface area contributed by atoms with Crippen molar-refractivity contribution in [3.63, 3.8) is 0 Å². The van der Waals surface area contributed by atoms with Crippen molar-refractivity contribution in [2.75, 3.05) is 0 Å². The number of aromatic nitrogens is 1. The van der Waals surface area contributed by atoms with Gasteiger partial charge in [-0.2, -0.15) is 0 Å². The largest absolute Gasteiger partial charge is 0.494 e. The topological polar surface area (TPSA) is 25.2 Å². The highest BCUT2D eigenvalue weighted by atomic mass is 16.3. The minimum atomic E-state index is 0.327. The maximum Gasteiger partial charge on any atom is 0.199 e. The number of benzene rings is 3. The molecule has 2 nitrogen and oxygen atoms in total. The van der Waals surface area contributed by atoms with Crippen LogP contribution in [0.3, 0.4) is 0 Å². The van der Waals surface area contributed by atoms with Crippen molar-refractivity contribution in [2.24, 2.45) is 0 Å². The van der Waals surface area contributed by atoms with Crippen molar-refractivity contribution in [3.05, 3.63) is 90.6 Å². The van der Waals surface area contributed by atoms with Gasteiger partial charge < -0.3 is 9.67 Å². The first-order valence-electron chi connectivity index (χ1n) is 7.72. The molecule has 1 heterocycles. The first-order chi connectivity index (χ1) is 11.3. The van der Waals surface area contributed by atoms with E-state index in [0.717, 1.165) is 10.8 Å². The van der Waals surface area contributed by atoms with Crippen molar-refractivity contribution < 1.29 is 5.11 Å². The summed E-state index contributed by atoms with van der Waals surface area (Å²) in [7, 11) is 0. The van der Waals surface area contributed by atoms with Crippen LogP contribution >= 0.6 is 0 Å². The quantitative estimate of drug-likeness (QED) is 0.562. The first-order valence-corrected chi connectivity index (χ1v) is 7.72. The van der Waals surface area contributed by atoms with E-state index in [1.54, 1.807) is 0 Å². The average Bonchev–Trinajstić information content (AvgIpc) is 2.93. The number of nitrogens with zero attached hydrogens (tertiary/aromatic N) is 1. The molecule has 0 aliphatic heterocycles. The summed E-state index contributed by atoms with van der Waals surface area (Å²) in [6.45, 7) is 0.662. The molecule has 1 aromatic heterocycles. The Kier molecular flexibility index (Phi) is 3.35. The molecule has 0 aliphatic carbocycles. The lowest BCUT2D eigenvalue weighted by molar-refractivity contribution is 0.430. The van der Waals surface area contributed by atoms with Crippen LogP contribution in [0, 0.1) is 0 Å². The Morgan fingerprint density at radius 3 is 2.09 bits per heavy atom. The van der Waals surface area contributed by atoms with E-state index in [2.05, 4.69) is 36.4 Å². The highest BCUT2D eigenvalue weighted by Crippen LogP contribution is 2.28. The smallest absolute Gasteiger partial charge is 0.199 e. The molecule has 0 spiro atoms. The molecule has 0 saturated carbocycles. The first kappa shape index (κ1) is 13.6. The van der Waals surface area contributed by atoms with E-state index < -0.39 is 0 Å². The molecule has 0 aliphatic rings. The number of hydrogen-bond donors (Lipinski definition) is 1. The third-order valence-electron chi connectivity index (χ3n) is 4.18. The van der Waals surface area contributed by atoms with Crippen LogP contribution in [0.2, 0.25) is 0 Å². The van der Waals surface area contributed by atoms with Gasteiger partial charge in [-0.3, -0.25) is 0 Å². The SMILES string of the molecule is Oc1c2ccccc2cn1Cc1ccc(-c2ccccc2)cc1. The van der Waals surface area contributed by atoms with E-state index >= 15 is 0 Å². The zero-order valence-electron chi connectivity index (χ0n) is 12.7. The molecule has 0 bridgehead atoms. The van der Waals surface area contributed by atoms with Crippen LogP contribution in [0.15, 0.2) is 85.1 Å². The Labute approximate surface area is 135 Å². The third-order valence-corrected chi connectivity index (χ3v) is 4.18. The number of fused-ring (bicyclic) bond motifs is 1. The highest BCUT2D eigenvalue weighted by molar-refractivity contribution is 5.87. The molecule has 3 aromatic carbocycles. The summed E-state index contributed by atoms with van der Waals surface area (Å²) in [5, 5.41) is 12.3. The van der Waals surface area contributed by atoms with Crippen LogP contribution < -0.4 is 0 Å². The Bertz CT molecular complexity index is 937. The fourth-order valence-corrected chi connectivity index (χ4v) is 2.95. The molecule has 0 unspecified atom stereocenters. The Balaban J connectivity index is 1.62. The zero-order valence-corrected chi connectivity index (χ0v) is 12.7. The van der Waals surface area contributed by atoms with Crippen LogP contribution in [0.5, 0.6) is 5.88 Å². The predicted molar refractivity (Wildman–Crippen MR) is 94.6 cm³/mol. The Morgan fingerprint density at radius 1 is 0.696 bits per heavy atom. The lowest BCUT2D eigenvalue weighted by Gasteiger charge is -2.07. The molecular weight excluding hydrogens is 282 g/mol. The van der Waals surface area contributed by atoms with Gasteiger partial charge in [0.05, 0.1) is 6.54 Å². The molecule has 1 N–H and O–H groups in total. The standard InChI is InChI=1S/C21H17NO/c23-21-20-9-5-4-8-19(20)15-22(21)14-16-10-12-18(13-11-16)17-6-2-1-3-7-17/h1-13,15,23H,14H2. The van der Waals surface area contributed by atoms with E-state index in [4.69, 9.17) is 0 Å². The van der Waals surface area contributed by atoms with E-state index in [0.29, 0.717) is 12.4 Å². The van der Waals surface area contributed by atoms with E-state index in [1.165, 1.54) is 16.7 Å². The number of aromatic hydroxyl groups is 1. The van der Waals surface area contributed by atoms with Crippen LogP contribution in [0.1, 0.15) is 5.56 Å². The summed E-state index contributed by atoms with van der Waals surface area (Å²) in [5.74, 6) is 0.327. The van der Waals surface area contributed by atoms with Gasteiger partial charge in [-0.1, -0.05) is 72.8 Å². The molecule has 23 heavy (non-hydrogen) atoms. The van der Waals surface area contributed by atoms with Crippen molar-refractivity contribution in [1.82, 2.24) is 4.57 Å². The van der Waals surface area contributed by atoms with Crippen molar-refractivity contribution in [3.8, 4) is 17.0 Å². The minimum absolute atomic E-state index is 0.327. The molecule has 4 aromatic rings. The fourth-order valence-electron chi connectivity index (χ4n) is 2.95. The number of hydrogen-bond acceptors (Lipinski definition) is 1. The second-order valence-corrected chi connectivity index (χ2v) is 5.73. The van der Waals surface area contributed by atoms with Crippen molar-refractivity contribution in [2.45, 2.75) is 6.54 Å². The van der Waals surface area contributed by atoms with Crippen molar-refractivity contribution >= 4 is 10.8 Å². The second kappa shape index (κ2) is 5.65. The van der Waals surface area contributed by atoms with Crippen LogP contribution in [-0.4, -0.2) is 9.67 Å². The summed E-state index contributed by atoms with van der Waals surface area (Å²) < 4.78 is 1.89. The third kappa shape index (κ3) is 2.59. The molecule has 0 fully saturated rings. The summed E-state index contributed by atoms with van der Waals surface area (Å²) in [4.78, 5) is 0. The Morgan fingerprint density at radius 2 is 1.35 bits per heavy atom. The molecule has 112 valence electrons. The zero-order chi connectivity index (χ0) is 15.6. The lowest BCUT2D eigenvalue weighted by Crippen LogP contribution is -1.97. The molecule has 0 radical (unpaired) electrons. The average molecular weight is 299 g/mol. The van der Waals surface area contributed by atoms with E-state index in [-0.39, 0.29) is 0 Å². The molecule has 2 heteroatoms. The monoisotopic (exact) mass is 299 g/mol. The van der Waals surface area contributed by atoms with Gasteiger partial charge in [0.2, 0.25) is 0 Å². The van der Waals surface area contributed by atoms with Gasteiger partial charge in [0.1, 0.15) is 0 Å². The Hall–Kier alpha value is -3.00. The van der Waals surface area contributed by atoms with Crippen LogP contribution in [-0.2, 0) is 6.54 Å². The van der Waals surface area contributed by atoms with Gasteiger partial charge in [0.25, 0.3) is 0 Å². The van der Waals surface area contributed by atoms with Gasteiger partial charge in [-0.25, -0.2) is 0 Å². The molecule has 4 rings (SSSR count). The molecular formula is C21H17NO. The van der Waals surface area contributed by atoms with Gasteiger partial charge in [-0.15, -0.1) is 0 Å². The van der Waals surface area contributed by atoms with Crippen molar-refractivity contribution in [1.29, 1.82) is 0 Å². The van der Waals surface area contributed by atoms with E-state index in [9.17, 15) is 5.11 Å². The van der Waals surface area contributed by atoms with Gasteiger partial charge in [-0.05, 0) is 22.8 Å². The molecule has 0 atom stereocenters. The van der Waals surface area contributed by atoms with Gasteiger partial charge in [0, 0.05) is 17.0 Å². The normalized spacial score (nSPS) is 11.0. The minimum Gasteiger partial charge on any atom is -0.494 e. The summed E-state index contributed by atoms with van der Waals surface area (Å²) in [6, 6.07) is 26.7. The van der Waals surface area contributed by atoms with E-state index in [1.807, 2.05) is 53.2 Å². The highest BCUT2D eigenvalue weighted by Gasteiger charge is 2.07. The van der Waals surface area contributed by atoms with Gasteiger partial charge >= 0.3 is 0 Å². The lowest BCUT2D eigenvalue weighted by atomic mass is 10.0. The fraction of sp³-hybridized carbons (Fsp3) is 0.0476.